The van der Waals surface area contributed by atoms with Crippen molar-refractivity contribution in [3.8, 4) is 11.6 Å². The fourth-order valence-corrected chi connectivity index (χ4v) is 4.59. The number of H-pyrrole nitrogens is 1. The topological polar surface area (TPSA) is 109 Å². The molecule has 1 aliphatic rings. The number of allylic oxidation sites excluding steroid dienone is 3. The number of nitrogens with one attached hydrogen (secondary N) is 1. The lowest BCUT2D eigenvalue weighted by molar-refractivity contribution is -0.196. The summed E-state index contributed by atoms with van der Waals surface area (Å²) in [6, 6.07) is 14.9. The summed E-state index contributed by atoms with van der Waals surface area (Å²) in [5, 5.41) is 5.85. The Labute approximate surface area is 258 Å². The number of carbonyl (C=O) groups excluding carboxylic acids is 2. The van der Waals surface area contributed by atoms with E-state index < -0.39 is 42.3 Å². The van der Waals surface area contributed by atoms with E-state index in [2.05, 4.69) is 11.7 Å². The Morgan fingerprint density at radius 1 is 1.11 bits per heavy atom. The van der Waals surface area contributed by atoms with Gasteiger partial charge in [0.1, 0.15) is 24.2 Å². The number of nitrogens with zero attached hydrogens (tertiary/aromatic N) is 1. The summed E-state index contributed by atoms with van der Waals surface area (Å²) >= 11 is 0. The fraction of sp³-hybridized carbons (Fsp3) is 0.303. The van der Waals surface area contributed by atoms with Gasteiger partial charge in [0.15, 0.2) is 0 Å². The van der Waals surface area contributed by atoms with E-state index >= 15 is 0 Å². The Bertz CT molecular complexity index is 1520. The molecule has 1 aromatic heterocycles. The van der Waals surface area contributed by atoms with Crippen molar-refractivity contribution in [2.45, 2.75) is 50.9 Å². The molecule has 1 saturated heterocycles. The van der Waals surface area contributed by atoms with E-state index in [0.717, 1.165) is 0 Å². The molecule has 0 radical (unpaired) electrons. The first-order valence-corrected chi connectivity index (χ1v) is 14.1. The van der Waals surface area contributed by atoms with E-state index in [9.17, 15) is 22.8 Å². The Balaban J connectivity index is 1.56. The number of carbonyl (C=O) groups is 2. The van der Waals surface area contributed by atoms with Crippen LogP contribution in [-0.2, 0) is 31.6 Å². The lowest BCUT2D eigenvalue weighted by atomic mass is 10.0. The minimum atomic E-state index is -4.74. The van der Waals surface area contributed by atoms with Gasteiger partial charge in [-0.25, -0.2) is 9.59 Å². The number of alkyl halides is 3. The highest BCUT2D eigenvalue weighted by atomic mass is 19.4. The van der Waals surface area contributed by atoms with Crippen LogP contribution in [0.15, 0.2) is 91.1 Å². The Kier molecular flexibility index (Phi) is 11.2. The SMILES string of the molecule is C=C/C(=C\C=C/C)C(=O)OC1CC(COC(=O)c2ccccc2)OC(Oc2n[nH]c(C(F)(F)F)c2Cc2ccc(OC)cc2)C1. The Hall–Kier alpha value is -4.84. The molecule has 1 N–H and O–H groups in total. The number of ether oxygens (including phenoxy) is 5. The maximum Gasteiger partial charge on any atom is 0.433 e. The van der Waals surface area contributed by atoms with Crippen molar-refractivity contribution < 1.29 is 46.4 Å². The summed E-state index contributed by atoms with van der Waals surface area (Å²) in [5.74, 6) is -1.03. The first kappa shape index (κ1) is 33.1. The van der Waals surface area contributed by atoms with Gasteiger partial charge >= 0.3 is 18.1 Å². The third kappa shape index (κ3) is 9.08. The molecule has 0 saturated carbocycles. The maximum atomic E-state index is 13.9. The van der Waals surface area contributed by atoms with Crippen molar-refractivity contribution in [3.63, 3.8) is 0 Å². The third-order valence-electron chi connectivity index (χ3n) is 6.83. The average molecular weight is 627 g/mol. The number of esters is 2. The van der Waals surface area contributed by atoms with E-state index in [-0.39, 0.29) is 42.9 Å². The second-order valence-electron chi connectivity index (χ2n) is 10.0. The van der Waals surface area contributed by atoms with E-state index in [1.807, 2.05) is 5.10 Å². The standard InChI is InChI=1S/C33H33F3N2O7/c1-4-6-10-22(5-2)32(40)44-25-18-26(20-42-31(39)23-11-8-7-9-12-23)43-28(19-25)45-30-27(29(37-38-30)33(34,35)36)17-21-13-15-24(41-3)16-14-21/h4-16,25-26,28H,2,17-20H2,1,3H3,(H,37,38)/b6-4-,22-10+. The maximum absolute atomic E-state index is 13.9. The molecule has 0 bridgehead atoms. The number of benzene rings is 2. The van der Waals surface area contributed by atoms with Crippen LogP contribution in [0, 0.1) is 0 Å². The first-order chi connectivity index (χ1) is 21.6. The third-order valence-corrected chi connectivity index (χ3v) is 6.83. The van der Waals surface area contributed by atoms with Gasteiger partial charge in [0.05, 0.1) is 29.9 Å². The summed E-state index contributed by atoms with van der Waals surface area (Å²) in [4.78, 5) is 25.4. The van der Waals surface area contributed by atoms with Crippen LogP contribution in [0.5, 0.6) is 11.6 Å². The van der Waals surface area contributed by atoms with Crippen LogP contribution in [0.3, 0.4) is 0 Å². The molecule has 2 heterocycles. The van der Waals surface area contributed by atoms with Gasteiger partial charge in [0.2, 0.25) is 12.2 Å². The molecular formula is C33H33F3N2O7. The molecule has 1 fully saturated rings. The molecule has 4 rings (SSSR count). The highest BCUT2D eigenvalue weighted by Gasteiger charge is 2.40. The zero-order valence-corrected chi connectivity index (χ0v) is 24.7. The summed E-state index contributed by atoms with van der Waals surface area (Å²) < 4.78 is 70.0. The zero-order chi connectivity index (χ0) is 32.4. The zero-order valence-electron chi connectivity index (χ0n) is 24.7. The number of aromatic nitrogens is 2. The molecule has 45 heavy (non-hydrogen) atoms. The Morgan fingerprint density at radius 2 is 1.84 bits per heavy atom. The minimum Gasteiger partial charge on any atom is -0.497 e. The smallest absolute Gasteiger partial charge is 0.433 e. The van der Waals surface area contributed by atoms with Crippen LogP contribution >= 0.6 is 0 Å². The normalized spacial score (nSPS) is 18.8. The van der Waals surface area contributed by atoms with Crippen molar-refractivity contribution >= 4 is 11.9 Å². The highest BCUT2D eigenvalue weighted by molar-refractivity contribution is 5.92. The largest absolute Gasteiger partial charge is 0.497 e. The molecule has 2 aromatic carbocycles. The molecular weight excluding hydrogens is 593 g/mol. The van der Waals surface area contributed by atoms with Crippen LogP contribution in [-0.4, -0.2) is 54.4 Å². The van der Waals surface area contributed by atoms with Crippen LogP contribution < -0.4 is 9.47 Å². The minimum absolute atomic E-state index is 0.0287. The van der Waals surface area contributed by atoms with Crippen LogP contribution in [0.25, 0.3) is 0 Å². The predicted octanol–water partition coefficient (Wildman–Crippen LogP) is 6.37. The monoisotopic (exact) mass is 626 g/mol. The van der Waals surface area contributed by atoms with E-state index in [0.29, 0.717) is 16.9 Å². The fourth-order valence-electron chi connectivity index (χ4n) is 4.59. The Morgan fingerprint density at radius 3 is 2.49 bits per heavy atom. The van der Waals surface area contributed by atoms with Crippen molar-refractivity contribution in [2.75, 3.05) is 13.7 Å². The number of halogens is 3. The lowest BCUT2D eigenvalue weighted by Crippen LogP contribution is -2.43. The van der Waals surface area contributed by atoms with Gasteiger partial charge < -0.3 is 23.7 Å². The molecule has 3 aromatic rings. The highest BCUT2D eigenvalue weighted by Crippen LogP contribution is 2.37. The number of methoxy groups -OCH3 is 1. The van der Waals surface area contributed by atoms with E-state index in [1.54, 1.807) is 73.7 Å². The van der Waals surface area contributed by atoms with Gasteiger partial charge in [0, 0.05) is 19.3 Å². The van der Waals surface area contributed by atoms with Crippen molar-refractivity contribution in [2.24, 2.45) is 0 Å². The van der Waals surface area contributed by atoms with Gasteiger partial charge in [-0.05, 0) is 42.8 Å². The van der Waals surface area contributed by atoms with E-state index in [4.69, 9.17) is 23.7 Å². The molecule has 0 amide bonds. The predicted molar refractivity (Wildman–Crippen MR) is 158 cm³/mol. The number of rotatable bonds is 12. The molecule has 0 spiro atoms. The van der Waals surface area contributed by atoms with Gasteiger partial charge in [-0.1, -0.05) is 55.1 Å². The van der Waals surface area contributed by atoms with Crippen molar-refractivity contribution in [1.29, 1.82) is 0 Å². The number of hydrogen-bond donors (Lipinski definition) is 1. The van der Waals surface area contributed by atoms with Crippen LogP contribution in [0.4, 0.5) is 13.2 Å². The second-order valence-corrected chi connectivity index (χ2v) is 10.0. The molecule has 9 nitrogen and oxygen atoms in total. The average Bonchev–Trinajstić information content (AvgIpc) is 3.43. The van der Waals surface area contributed by atoms with E-state index in [1.165, 1.54) is 19.3 Å². The van der Waals surface area contributed by atoms with Gasteiger partial charge in [-0.2, -0.15) is 13.2 Å². The summed E-state index contributed by atoms with van der Waals surface area (Å²) in [6.07, 6.45) is -1.32. The molecule has 0 aliphatic carbocycles. The quantitative estimate of drug-likeness (QED) is 0.140. The summed E-state index contributed by atoms with van der Waals surface area (Å²) in [7, 11) is 1.49. The molecule has 3 unspecified atom stereocenters. The van der Waals surface area contributed by atoms with Gasteiger partial charge in [0.25, 0.3) is 0 Å². The van der Waals surface area contributed by atoms with Crippen molar-refractivity contribution in [3.05, 3.63) is 113 Å². The molecule has 238 valence electrons. The molecule has 1 aliphatic heterocycles. The molecule has 12 heteroatoms. The second kappa shape index (κ2) is 15.2. The molecule has 3 atom stereocenters. The lowest BCUT2D eigenvalue weighted by Gasteiger charge is -2.34. The van der Waals surface area contributed by atoms with Crippen molar-refractivity contribution in [1.82, 2.24) is 10.2 Å². The van der Waals surface area contributed by atoms with Crippen LogP contribution in [0.1, 0.15) is 46.9 Å². The number of hydrogen-bond acceptors (Lipinski definition) is 8. The first-order valence-electron chi connectivity index (χ1n) is 14.1. The summed E-state index contributed by atoms with van der Waals surface area (Å²) in [5.41, 5.74) is -0.212. The van der Waals surface area contributed by atoms with Gasteiger partial charge in [-0.3, -0.25) is 5.10 Å². The summed E-state index contributed by atoms with van der Waals surface area (Å²) in [6.45, 7) is 5.21. The number of aromatic amines is 1. The van der Waals surface area contributed by atoms with Gasteiger partial charge in [-0.15, -0.1) is 5.10 Å². The van der Waals surface area contributed by atoms with Crippen LogP contribution in [0.2, 0.25) is 0 Å².